The first kappa shape index (κ1) is 13.9. The fraction of sp³-hybridized carbons (Fsp3) is 0.600. The fourth-order valence-corrected chi connectivity index (χ4v) is 1.70. The molecule has 1 atom stereocenters. The molecule has 0 spiro atoms. The van der Waals surface area contributed by atoms with Crippen molar-refractivity contribution in [3.63, 3.8) is 0 Å². The molecule has 1 saturated heterocycles. The molecule has 1 aliphatic rings. The van der Waals surface area contributed by atoms with Crippen molar-refractivity contribution in [3.05, 3.63) is 0 Å². The van der Waals surface area contributed by atoms with Crippen molar-refractivity contribution in [2.45, 2.75) is 31.7 Å². The van der Waals surface area contributed by atoms with Crippen LogP contribution in [0.2, 0.25) is 0 Å². The summed E-state index contributed by atoms with van der Waals surface area (Å²) in [6, 6.07) is -1.32. The van der Waals surface area contributed by atoms with E-state index in [0.717, 1.165) is 17.7 Å². The van der Waals surface area contributed by atoms with Gasteiger partial charge >= 0.3 is 12.1 Å². The SMILES string of the molecule is CCCCC1(C=NNC(N)=O)NC(=O)N(C)C1=O. The molecule has 18 heavy (non-hydrogen) atoms. The Morgan fingerprint density at radius 3 is 2.72 bits per heavy atom. The van der Waals surface area contributed by atoms with Gasteiger partial charge in [0.15, 0.2) is 5.54 Å². The van der Waals surface area contributed by atoms with Gasteiger partial charge in [-0.15, -0.1) is 0 Å². The van der Waals surface area contributed by atoms with Crippen molar-refractivity contribution >= 4 is 24.2 Å². The summed E-state index contributed by atoms with van der Waals surface area (Å²) in [4.78, 5) is 35.0. The lowest BCUT2D eigenvalue weighted by atomic mass is 9.94. The number of amides is 5. The van der Waals surface area contributed by atoms with Crippen LogP contribution < -0.4 is 16.5 Å². The highest BCUT2D eigenvalue weighted by molar-refractivity contribution is 6.16. The standard InChI is InChI=1S/C10H17N5O3/c1-3-4-5-10(6-12-14-8(11)17)7(16)15(2)9(18)13-10/h6H,3-5H2,1-2H3,(H,13,18)(H3,11,14,17). The van der Waals surface area contributed by atoms with E-state index in [1.165, 1.54) is 13.3 Å². The zero-order valence-corrected chi connectivity index (χ0v) is 10.4. The number of hydrogen-bond donors (Lipinski definition) is 3. The van der Waals surface area contributed by atoms with Crippen LogP contribution in [0.25, 0.3) is 0 Å². The van der Waals surface area contributed by atoms with Gasteiger partial charge in [0.05, 0.1) is 6.21 Å². The average Bonchev–Trinajstić information content (AvgIpc) is 2.52. The van der Waals surface area contributed by atoms with E-state index in [2.05, 4.69) is 10.4 Å². The summed E-state index contributed by atoms with van der Waals surface area (Å²) >= 11 is 0. The molecule has 0 bridgehead atoms. The summed E-state index contributed by atoms with van der Waals surface area (Å²) in [5.74, 6) is -0.393. The zero-order valence-electron chi connectivity index (χ0n) is 10.4. The first-order chi connectivity index (χ1) is 8.43. The predicted molar refractivity (Wildman–Crippen MR) is 64.8 cm³/mol. The highest BCUT2D eigenvalue weighted by Gasteiger charge is 2.48. The topological polar surface area (TPSA) is 117 Å². The van der Waals surface area contributed by atoms with E-state index in [1.807, 2.05) is 12.3 Å². The predicted octanol–water partition coefficient (Wildman–Crippen LogP) is -0.249. The second-order valence-electron chi connectivity index (χ2n) is 4.10. The Morgan fingerprint density at radius 1 is 1.61 bits per heavy atom. The van der Waals surface area contributed by atoms with Crippen LogP contribution in [0.5, 0.6) is 0 Å². The number of rotatable bonds is 5. The molecule has 0 aliphatic carbocycles. The first-order valence-corrected chi connectivity index (χ1v) is 5.63. The Hall–Kier alpha value is -2.12. The Labute approximate surface area is 105 Å². The Bertz CT molecular complexity index is 395. The number of likely N-dealkylation sites (N-methyl/N-ethyl adjacent to an activating group) is 1. The summed E-state index contributed by atoms with van der Waals surface area (Å²) in [5, 5.41) is 6.16. The van der Waals surface area contributed by atoms with Crippen molar-refractivity contribution in [1.82, 2.24) is 15.6 Å². The van der Waals surface area contributed by atoms with Crippen LogP contribution >= 0.6 is 0 Å². The second kappa shape index (κ2) is 5.48. The third-order valence-corrected chi connectivity index (χ3v) is 2.71. The van der Waals surface area contributed by atoms with E-state index in [4.69, 9.17) is 5.73 Å². The third-order valence-electron chi connectivity index (χ3n) is 2.71. The van der Waals surface area contributed by atoms with Gasteiger partial charge in [0.25, 0.3) is 5.91 Å². The largest absolute Gasteiger partial charge is 0.350 e. The average molecular weight is 255 g/mol. The molecule has 0 aromatic heterocycles. The number of imide groups is 1. The number of nitrogens with one attached hydrogen (secondary N) is 2. The van der Waals surface area contributed by atoms with Gasteiger partial charge < -0.3 is 11.1 Å². The molecule has 5 amide bonds. The highest BCUT2D eigenvalue weighted by atomic mass is 16.2. The van der Waals surface area contributed by atoms with E-state index in [9.17, 15) is 14.4 Å². The van der Waals surface area contributed by atoms with Gasteiger partial charge in [-0.2, -0.15) is 5.10 Å². The molecular weight excluding hydrogens is 238 g/mol. The second-order valence-corrected chi connectivity index (χ2v) is 4.10. The van der Waals surface area contributed by atoms with Gasteiger partial charge in [0, 0.05) is 7.05 Å². The van der Waals surface area contributed by atoms with E-state index >= 15 is 0 Å². The lowest BCUT2D eigenvalue weighted by Gasteiger charge is -2.21. The van der Waals surface area contributed by atoms with Crippen molar-refractivity contribution in [2.24, 2.45) is 10.8 Å². The molecule has 1 rings (SSSR count). The van der Waals surface area contributed by atoms with Crippen LogP contribution in [0, 0.1) is 0 Å². The number of carbonyl (C=O) groups is 3. The number of unbranched alkanes of at least 4 members (excludes halogenated alkanes) is 1. The Kier molecular flexibility index (Phi) is 4.24. The van der Waals surface area contributed by atoms with Crippen LogP contribution in [-0.2, 0) is 4.79 Å². The van der Waals surface area contributed by atoms with E-state index < -0.39 is 23.5 Å². The van der Waals surface area contributed by atoms with Crippen molar-refractivity contribution in [3.8, 4) is 0 Å². The number of hydrazone groups is 1. The third kappa shape index (κ3) is 2.76. The number of carbonyl (C=O) groups excluding carboxylic acids is 3. The maximum Gasteiger partial charge on any atom is 0.332 e. The van der Waals surface area contributed by atoms with Gasteiger partial charge in [0.1, 0.15) is 0 Å². The first-order valence-electron chi connectivity index (χ1n) is 5.63. The molecular formula is C10H17N5O3. The van der Waals surface area contributed by atoms with E-state index in [0.29, 0.717) is 6.42 Å². The van der Waals surface area contributed by atoms with Crippen molar-refractivity contribution in [2.75, 3.05) is 7.05 Å². The van der Waals surface area contributed by atoms with Crippen LogP contribution in [0.1, 0.15) is 26.2 Å². The molecule has 8 nitrogen and oxygen atoms in total. The quantitative estimate of drug-likeness (QED) is 0.357. The maximum atomic E-state index is 12.0. The zero-order chi connectivity index (χ0) is 13.8. The van der Waals surface area contributed by atoms with Crippen LogP contribution in [0.4, 0.5) is 9.59 Å². The fourth-order valence-electron chi connectivity index (χ4n) is 1.70. The summed E-state index contributed by atoms with van der Waals surface area (Å²) in [5.41, 5.74) is 5.68. The molecule has 1 aliphatic heterocycles. The summed E-state index contributed by atoms with van der Waals surface area (Å²) in [6.45, 7) is 1.97. The van der Waals surface area contributed by atoms with Gasteiger partial charge in [-0.05, 0) is 6.42 Å². The molecule has 100 valence electrons. The minimum Gasteiger partial charge on any atom is -0.350 e. The number of primary amides is 1. The Morgan fingerprint density at radius 2 is 2.28 bits per heavy atom. The number of hydrogen-bond acceptors (Lipinski definition) is 4. The van der Waals surface area contributed by atoms with Gasteiger partial charge in [0.2, 0.25) is 0 Å². The van der Waals surface area contributed by atoms with Crippen molar-refractivity contribution < 1.29 is 14.4 Å². The minimum absolute atomic E-state index is 0.393. The monoisotopic (exact) mass is 255 g/mol. The molecule has 0 radical (unpaired) electrons. The van der Waals surface area contributed by atoms with Crippen molar-refractivity contribution in [1.29, 1.82) is 0 Å². The van der Waals surface area contributed by atoms with Crippen LogP contribution in [-0.4, -0.2) is 41.7 Å². The molecule has 1 heterocycles. The lowest BCUT2D eigenvalue weighted by molar-refractivity contribution is -0.128. The molecule has 4 N–H and O–H groups in total. The highest BCUT2D eigenvalue weighted by Crippen LogP contribution is 2.21. The summed E-state index contributed by atoms with van der Waals surface area (Å²) < 4.78 is 0. The molecule has 0 aromatic rings. The number of urea groups is 2. The number of nitrogens with zero attached hydrogens (tertiary/aromatic N) is 2. The molecule has 1 fully saturated rings. The lowest BCUT2D eigenvalue weighted by Crippen LogP contribution is -2.49. The number of nitrogens with two attached hydrogens (primary N) is 1. The van der Waals surface area contributed by atoms with Crippen LogP contribution in [0.3, 0.4) is 0 Å². The molecule has 1 unspecified atom stereocenters. The maximum absolute atomic E-state index is 12.0. The minimum atomic E-state index is -1.19. The van der Waals surface area contributed by atoms with Gasteiger partial charge in [-0.3, -0.25) is 9.69 Å². The smallest absolute Gasteiger partial charge is 0.332 e. The summed E-state index contributed by atoms with van der Waals surface area (Å²) in [6.07, 6.45) is 3.24. The van der Waals surface area contributed by atoms with E-state index in [-0.39, 0.29) is 0 Å². The van der Waals surface area contributed by atoms with Gasteiger partial charge in [-0.1, -0.05) is 19.8 Å². The van der Waals surface area contributed by atoms with Gasteiger partial charge in [-0.25, -0.2) is 15.0 Å². The molecule has 8 heteroatoms. The normalized spacial score (nSPS) is 23.6. The van der Waals surface area contributed by atoms with Crippen LogP contribution in [0.15, 0.2) is 5.10 Å². The molecule has 0 saturated carbocycles. The molecule has 0 aromatic carbocycles. The Balaban J connectivity index is 2.89. The summed E-state index contributed by atoms with van der Waals surface area (Å²) in [7, 11) is 1.39. The van der Waals surface area contributed by atoms with E-state index in [1.54, 1.807) is 0 Å².